The normalized spacial score (nSPS) is 15.1. The van der Waals surface area contributed by atoms with Crippen LogP contribution >= 0.6 is 24.0 Å². The predicted molar refractivity (Wildman–Crippen MR) is 88.1 cm³/mol. The van der Waals surface area contributed by atoms with E-state index in [2.05, 4.69) is 26.9 Å². The van der Waals surface area contributed by atoms with Crippen LogP contribution in [0.1, 0.15) is 39.0 Å². The minimum atomic E-state index is -0.134. The molecule has 0 aromatic carbocycles. The number of carbonyl (C=O) groups excluding carboxylic acids is 1. The third kappa shape index (κ3) is 7.59. The van der Waals surface area contributed by atoms with E-state index in [4.69, 9.17) is 0 Å². The van der Waals surface area contributed by atoms with Gasteiger partial charge in [0.1, 0.15) is 0 Å². The van der Waals surface area contributed by atoms with E-state index >= 15 is 0 Å². The van der Waals surface area contributed by atoms with Gasteiger partial charge >= 0.3 is 5.97 Å². The topological polar surface area (TPSA) is 53.9 Å². The number of guanidine groups is 1. The Morgan fingerprint density at radius 3 is 2.58 bits per heavy atom. The summed E-state index contributed by atoms with van der Waals surface area (Å²) < 4.78 is 4.60. The monoisotopic (exact) mass is 383 g/mol. The zero-order valence-corrected chi connectivity index (χ0v) is 14.3. The highest BCUT2D eigenvalue weighted by atomic mass is 127. The van der Waals surface area contributed by atoms with Crippen molar-refractivity contribution in [3.8, 4) is 0 Å². The molecule has 0 aliphatic carbocycles. The number of unbranched alkanes of at least 4 members (excludes halogenated alkanes) is 1. The van der Waals surface area contributed by atoms with Gasteiger partial charge in [0.2, 0.25) is 0 Å². The van der Waals surface area contributed by atoms with E-state index in [0.717, 1.165) is 45.0 Å². The molecular formula is C13H26IN3O2. The van der Waals surface area contributed by atoms with E-state index in [0.29, 0.717) is 6.42 Å². The number of methoxy groups -OCH3 is 1. The molecule has 5 nitrogen and oxygen atoms in total. The number of halogens is 1. The molecule has 0 aromatic rings. The lowest BCUT2D eigenvalue weighted by Crippen LogP contribution is -2.39. The molecule has 0 amide bonds. The quantitative estimate of drug-likeness (QED) is 0.251. The van der Waals surface area contributed by atoms with Gasteiger partial charge in [0.05, 0.1) is 7.11 Å². The minimum absolute atomic E-state index is 0. The van der Waals surface area contributed by atoms with Crippen LogP contribution in [0.5, 0.6) is 0 Å². The Hall–Kier alpha value is -0.530. The van der Waals surface area contributed by atoms with E-state index in [-0.39, 0.29) is 29.9 Å². The average Bonchev–Trinajstić information content (AvgIpc) is 2.90. The smallest absolute Gasteiger partial charge is 0.305 e. The van der Waals surface area contributed by atoms with Crippen molar-refractivity contribution in [2.45, 2.75) is 39.0 Å². The summed E-state index contributed by atoms with van der Waals surface area (Å²) in [6.45, 7) is 5.97. The Bertz CT molecular complexity index is 279. The van der Waals surface area contributed by atoms with E-state index in [9.17, 15) is 4.79 Å². The molecule has 0 bridgehead atoms. The maximum Gasteiger partial charge on any atom is 0.305 e. The number of esters is 1. The van der Waals surface area contributed by atoms with Crippen molar-refractivity contribution in [3.63, 3.8) is 0 Å². The van der Waals surface area contributed by atoms with Crippen LogP contribution in [-0.2, 0) is 9.53 Å². The number of likely N-dealkylation sites (tertiary alicyclic amines) is 1. The van der Waals surface area contributed by atoms with Crippen LogP contribution in [0.4, 0.5) is 0 Å². The predicted octanol–water partition coefficient (Wildman–Crippen LogP) is 2.01. The van der Waals surface area contributed by atoms with E-state index in [1.807, 2.05) is 0 Å². The van der Waals surface area contributed by atoms with Crippen molar-refractivity contribution < 1.29 is 9.53 Å². The molecule has 1 fully saturated rings. The third-order valence-electron chi connectivity index (χ3n) is 3.02. The molecule has 0 spiro atoms. The summed E-state index contributed by atoms with van der Waals surface area (Å²) in [6.07, 6.45) is 4.78. The van der Waals surface area contributed by atoms with Crippen molar-refractivity contribution in [2.75, 3.05) is 33.3 Å². The van der Waals surface area contributed by atoms with Crippen LogP contribution < -0.4 is 5.32 Å². The second kappa shape index (κ2) is 11.3. The van der Waals surface area contributed by atoms with Crippen molar-refractivity contribution >= 4 is 35.9 Å². The molecule has 6 heteroatoms. The maximum atomic E-state index is 10.9. The number of nitrogens with one attached hydrogen (secondary N) is 1. The molecule has 1 aliphatic heterocycles. The van der Waals surface area contributed by atoms with E-state index in [1.54, 1.807) is 0 Å². The first-order valence-electron chi connectivity index (χ1n) is 6.88. The number of nitrogens with zero attached hydrogens (tertiary/aromatic N) is 2. The third-order valence-corrected chi connectivity index (χ3v) is 3.02. The lowest BCUT2D eigenvalue weighted by molar-refractivity contribution is -0.140. The van der Waals surface area contributed by atoms with Gasteiger partial charge in [-0.1, -0.05) is 0 Å². The highest BCUT2D eigenvalue weighted by Crippen LogP contribution is 2.07. The number of hydrogen-bond donors (Lipinski definition) is 1. The Kier molecular flexibility index (Phi) is 11.0. The van der Waals surface area contributed by atoms with Crippen molar-refractivity contribution in [3.05, 3.63) is 0 Å². The standard InChI is InChI=1S/C13H25N3O2.HI/c1-3-14-13(16-10-6-7-11-16)15-9-5-4-8-12(17)18-2;/h3-11H2,1-2H3,(H,14,15);1H. The molecule has 1 N–H and O–H groups in total. The fourth-order valence-electron chi connectivity index (χ4n) is 2.02. The maximum absolute atomic E-state index is 10.9. The van der Waals surface area contributed by atoms with Crippen LogP contribution in [0.15, 0.2) is 4.99 Å². The molecule has 0 radical (unpaired) electrons. The molecule has 0 atom stereocenters. The lowest BCUT2D eigenvalue weighted by Gasteiger charge is -2.20. The SMILES string of the molecule is CCNC(=NCCCCC(=O)OC)N1CCCC1.I. The van der Waals surface area contributed by atoms with Crippen LogP contribution in [0, 0.1) is 0 Å². The van der Waals surface area contributed by atoms with Gasteiger partial charge in [-0.2, -0.15) is 0 Å². The lowest BCUT2D eigenvalue weighted by atomic mass is 10.2. The molecule has 0 unspecified atom stereocenters. The molecule has 0 aromatic heterocycles. The Morgan fingerprint density at radius 2 is 2.00 bits per heavy atom. The second-order valence-corrected chi connectivity index (χ2v) is 4.46. The first-order chi connectivity index (χ1) is 8.77. The number of carbonyl (C=O) groups is 1. The molecule has 1 aliphatic rings. The summed E-state index contributed by atoms with van der Waals surface area (Å²) in [5.41, 5.74) is 0. The van der Waals surface area contributed by atoms with Crippen LogP contribution in [0.2, 0.25) is 0 Å². The molecule has 19 heavy (non-hydrogen) atoms. The summed E-state index contributed by atoms with van der Waals surface area (Å²) >= 11 is 0. The number of hydrogen-bond acceptors (Lipinski definition) is 3. The zero-order valence-electron chi connectivity index (χ0n) is 12.0. The first-order valence-corrected chi connectivity index (χ1v) is 6.88. The number of ether oxygens (including phenoxy) is 1. The second-order valence-electron chi connectivity index (χ2n) is 4.46. The average molecular weight is 383 g/mol. The van der Waals surface area contributed by atoms with Gasteiger partial charge in [-0.05, 0) is 32.6 Å². The molecule has 1 saturated heterocycles. The van der Waals surface area contributed by atoms with Gasteiger partial charge in [0.25, 0.3) is 0 Å². The Balaban J connectivity index is 0.00000324. The van der Waals surface area contributed by atoms with Gasteiger partial charge in [-0.25, -0.2) is 0 Å². The highest BCUT2D eigenvalue weighted by molar-refractivity contribution is 14.0. The molecule has 112 valence electrons. The zero-order chi connectivity index (χ0) is 13.2. The highest BCUT2D eigenvalue weighted by Gasteiger charge is 2.14. The first kappa shape index (κ1) is 18.5. The van der Waals surface area contributed by atoms with Gasteiger partial charge in [0.15, 0.2) is 5.96 Å². The summed E-state index contributed by atoms with van der Waals surface area (Å²) in [7, 11) is 1.43. The molecule has 0 saturated carbocycles. The molecular weight excluding hydrogens is 357 g/mol. The van der Waals surface area contributed by atoms with Crippen molar-refractivity contribution in [2.24, 2.45) is 4.99 Å². The van der Waals surface area contributed by atoms with E-state index < -0.39 is 0 Å². The Morgan fingerprint density at radius 1 is 1.32 bits per heavy atom. The van der Waals surface area contributed by atoms with Crippen LogP contribution in [-0.4, -0.2) is 50.1 Å². The fraction of sp³-hybridized carbons (Fsp3) is 0.846. The van der Waals surface area contributed by atoms with E-state index in [1.165, 1.54) is 20.0 Å². The largest absolute Gasteiger partial charge is 0.469 e. The summed E-state index contributed by atoms with van der Waals surface area (Å²) in [5, 5.41) is 3.32. The van der Waals surface area contributed by atoms with Crippen LogP contribution in [0.3, 0.4) is 0 Å². The number of rotatable bonds is 6. The van der Waals surface area contributed by atoms with Gasteiger partial charge in [-0.3, -0.25) is 9.79 Å². The van der Waals surface area contributed by atoms with Gasteiger partial charge in [-0.15, -0.1) is 24.0 Å². The van der Waals surface area contributed by atoms with Gasteiger partial charge < -0.3 is 15.0 Å². The summed E-state index contributed by atoms with van der Waals surface area (Å²) in [5.74, 6) is 0.887. The molecule has 1 rings (SSSR count). The van der Waals surface area contributed by atoms with Crippen molar-refractivity contribution in [1.82, 2.24) is 10.2 Å². The minimum Gasteiger partial charge on any atom is -0.469 e. The van der Waals surface area contributed by atoms with Crippen molar-refractivity contribution in [1.29, 1.82) is 0 Å². The number of aliphatic imine (C=N–C) groups is 1. The van der Waals surface area contributed by atoms with Crippen LogP contribution in [0.25, 0.3) is 0 Å². The molecule has 1 heterocycles. The van der Waals surface area contributed by atoms with Gasteiger partial charge in [0, 0.05) is 32.6 Å². The summed E-state index contributed by atoms with van der Waals surface area (Å²) in [4.78, 5) is 17.8. The fourth-order valence-corrected chi connectivity index (χ4v) is 2.02. The Labute approximate surface area is 133 Å². The summed E-state index contributed by atoms with van der Waals surface area (Å²) in [6, 6.07) is 0.